The zero-order valence-electron chi connectivity index (χ0n) is 18.9. The van der Waals surface area contributed by atoms with Crippen molar-refractivity contribution < 1.29 is 23.0 Å². The molecule has 2 heterocycles. The Morgan fingerprint density at radius 2 is 1.84 bits per heavy atom. The number of hydrogen-bond donors (Lipinski definition) is 1. The maximum absolute atomic E-state index is 13.6. The molecular formula is C25H33NO5S. The first-order valence-corrected chi connectivity index (χ1v) is 13.0. The second kappa shape index (κ2) is 9.81. The molecule has 1 saturated heterocycles. The van der Waals surface area contributed by atoms with Gasteiger partial charge in [0.05, 0.1) is 17.2 Å². The number of hydrogen-bond acceptors (Lipinski definition) is 5. The third-order valence-corrected chi connectivity index (χ3v) is 8.60. The summed E-state index contributed by atoms with van der Waals surface area (Å²) in [6, 6.07) is 12.6. The van der Waals surface area contributed by atoms with E-state index >= 15 is 0 Å². The minimum absolute atomic E-state index is 0.0768. The van der Waals surface area contributed by atoms with E-state index in [0.29, 0.717) is 19.0 Å². The molecule has 0 saturated carbocycles. The summed E-state index contributed by atoms with van der Waals surface area (Å²) in [6.45, 7) is 5.35. The number of benzene rings is 2. The standard InChI is InChI=1S/C25H33NO5S/c1-3-19-5-11-24-21(16-19)6-4-18(2)26(24)32(28,29)23-9-7-22(8-10-23)31-25(17-27)20-12-14-30-15-13-20/h5,7-11,16,18,20,25,27H,3-4,6,12-15,17H2,1-2H3/t18-,25?/m1/s1. The van der Waals surface area contributed by atoms with E-state index in [1.54, 1.807) is 28.6 Å². The van der Waals surface area contributed by atoms with E-state index in [2.05, 4.69) is 13.0 Å². The quantitative estimate of drug-likeness (QED) is 0.679. The van der Waals surface area contributed by atoms with E-state index in [1.807, 2.05) is 19.1 Å². The smallest absolute Gasteiger partial charge is 0.264 e. The molecule has 2 aliphatic heterocycles. The van der Waals surface area contributed by atoms with Crippen LogP contribution in [0, 0.1) is 5.92 Å². The molecule has 2 aromatic rings. The molecule has 2 aliphatic rings. The Balaban J connectivity index is 1.56. The van der Waals surface area contributed by atoms with Crippen LogP contribution < -0.4 is 9.04 Å². The fourth-order valence-electron chi connectivity index (χ4n) is 4.71. The highest BCUT2D eigenvalue weighted by Gasteiger charge is 2.34. The SMILES string of the molecule is CCc1ccc2c(c1)CC[C@@H](C)N2S(=O)(=O)c1ccc(OC(CO)C2CCOCC2)cc1. The fraction of sp³-hybridized carbons (Fsp3) is 0.520. The molecule has 174 valence electrons. The van der Waals surface area contributed by atoms with Crippen LogP contribution in [0.3, 0.4) is 0 Å². The van der Waals surface area contributed by atoms with E-state index in [4.69, 9.17) is 9.47 Å². The normalized spacial score (nSPS) is 20.6. The number of aliphatic hydroxyl groups excluding tert-OH is 1. The van der Waals surface area contributed by atoms with Crippen molar-refractivity contribution in [2.75, 3.05) is 24.1 Å². The summed E-state index contributed by atoms with van der Waals surface area (Å²) >= 11 is 0. The number of aryl methyl sites for hydroxylation is 2. The second-order valence-corrected chi connectivity index (χ2v) is 10.6. The van der Waals surface area contributed by atoms with Crippen LogP contribution in [0.1, 0.15) is 44.2 Å². The van der Waals surface area contributed by atoms with Gasteiger partial charge in [-0.3, -0.25) is 4.31 Å². The van der Waals surface area contributed by atoms with Crippen molar-refractivity contribution in [3.8, 4) is 5.75 Å². The van der Waals surface area contributed by atoms with Crippen LogP contribution >= 0.6 is 0 Å². The van der Waals surface area contributed by atoms with Gasteiger partial charge in [-0.25, -0.2) is 8.42 Å². The number of aliphatic hydroxyl groups is 1. The van der Waals surface area contributed by atoms with Crippen molar-refractivity contribution in [1.29, 1.82) is 0 Å². The maximum atomic E-state index is 13.6. The summed E-state index contributed by atoms with van der Waals surface area (Å²) in [5.41, 5.74) is 3.09. The van der Waals surface area contributed by atoms with E-state index in [9.17, 15) is 13.5 Å². The summed E-state index contributed by atoms with van der Waals surface area (Å²) in [7, 11) is -3.70. The predicted octanol–water partition coefficient (Wildman–Crippen LogP) is 3.95. The number of nitrogens with zero attached hydrogens (tertiary/aromatic N) is 1. The van der Waals surface area contributed by atoms with Crippen molar-refractivity contribution >= 4 is 15.7 Å². The van der Waals surface area contributed by atoms with Crippen LogP contribution in [-0.4, -0.2) is 45.5 Å². The zero-order chi connectivity index (χ0) is 22.7. The van der Waals surface area contributed by atoms with Crippen molar-refractivity contribution in [2.45, 2.75) is 63.0 Å². The highest BCUT2D eigenvalue weighted by atomic mass is 32.2. The molecule has 32 heavy (non-hydrogen) atoms. The number of anilines is 1. The van der Waals surface area contributed by atoms with Gasteiger partial charge in [0.1, 0.15) is 11.9 Å². The Kier molecular flexibility index (Phi) is 7.08. The van der Waals surface area contributed by atoms with Gasteiger partial charge in [-0.05, 0) is 80.5 Å². The monoisotopic (exact) mass is 459 g/mol. The fourth-order valence-corrected chi connectivity index (χ4v) is 6.43. The number of fused-ring (bicyclic) bond motifs is 1. The molecule has 2 aromatic carbocycles. The van der Waals surface area contributed by atoms with Crippen molar-refractivity contribution in [1.82, 2.24) is 0 Å². The highest BCUT2D eigenvalue weighted by Crippen LogP contribution is 2.36. The lowest BCUT2D eigenvalue weighted by Gasteiger charge is -2.36. The third kappa shape index (κ3) is 4.65. The Morgan fingerprint density at radius 1 is 1.12 bits per heavy atom. The van der Waals surface area contributed by atoms with Crippen LogP contribution in [0.5, 0.6) is 5.75 Å². The summed E-state index contributed by atoms with van der Waals surface area (Å²) in [5, 5.41) is 9.78. The van der Waals surface area contributed by atoms with Gasteiger partial charge >= 0.3 is 0 Å². The van der Waals surface area contributed by atoms with E-state index in [0.717, 1.165) is 43.4 Å². The van der Waals surface area contributed by atoms with Gasteiger partial charge in [0.2, 0.25) is 0 Å². The van der Waals surface area contributed by atoms with Gasteiger partial charge in [0.15, 0.2) is 0 Å². The zero-order valence-corrected chi connectivity index (χ0v) is 19.7. The molecule has 7 heteroatoms. The molecule has 6 nitrogen and oxygen atoms in total. The van der Waals surface area contributed by atoms with Gasteiger partial charge in [-0.15, -0.1) is 0 Å². The van der Waals surface area contributed by atoms with Crippen molar-refractivity contribution in [3.63, 3.8) is 0 Å². The molecule has 0 bridgehead atoms. The Bertz CT molecular complexity index is 1020. The molecule has 0 aliphatic carbocycles. The van der Waals surface area contributed by atoms with Crippen LogP contribution in [-0.2, 0) is 27.6 Å². The third-order valence-electron chi connectivity index (χ3n) is 6.66. The molecule has 1 fully saturated rings. The summed E-state index contributed by atoms with van der Waals surface area (Å²) in [6.07, 6.45) is 4.00. The number of sulfonamides is 1. The van der Waals surface area contributed by atoms with Crippen LogP contribution in [0.25, 0.3) is 0 Å². The molecule has 1 N–H and O–H groups in total. The minimum atomic E-state index is -3.70. The Hall–Kier alpha value is -2.09. The average Bonchev–Trinajstić information content (AvgIpc) is 2.82. The van der Waals surface area contributed by atoms with Crippen LogP contribution in [0.2, 0.25) is 0 Å². The van der Waals surface area contributed by atoms with Crippen molar-refractivity contribution in [3.05, 3.63) is 53.6 Å². The largest absolute Gasteiger partial charge is 0.488 e. The molecule has 0 radical (unpaired) electrons. The number of ether oxygens (including phenoxy) is 2. The maximum Gasteiger partial charge on any atom is 0.264 e. The van der Waals surface area contributed by atoms with Crippen molar-refractivity contribution in [2.24, 2.45) is 5.92 Å². The van der Waals surface area contributed by atoms with Gasteiger partial charge in [0.25, 0.3) is 10.0 Å². The lowest BCUT2D eigenvalue weighted by atomic mass is 9.94. The average molecular weight is 460 g/mol. The summed E-state index contributed by atoms with van der Waals surface area (Å²) in [4.78, 5) is 0.246. The van der Waals surface area contributed by atoms with E-state index in [1.165, 1.54) is 5.56 Å². The predicted molar refractivity (Wildman–Crippen MR) is 125 cm³/mol. The summed E-state index contributed by atoms with van der Waals surface area (Å²) < 4.78 is 40.1. The molecular weight excluding hydrogens is 426 g/mol. The Labute approximate surface area is 191 Å². The molecule has 4 rings (SSSR count). The Morgan fingerprint density at radius 3 is 2.50 bits per heavy atom. The van der Waals surface area contributed by atoms with Gasteiger partial charge in [0, 0.05) is 25.2 Å². The second-order valence-electron chi connectivity index (χ2n) is 8.77. The molecule has 0 aromatic heterocycles. The lowest BCUT2D eigenvalue weighted by Crippen LogP contribution is -2.42. The first kappa shape index (κ1) is 23.1. The molecule has 0 spiro atoms. The highest BCUT2D eigenvalue weighted by molar-refractivity contribution is 7.92. The lowest BCUT2D eigenvalue weighted by molar-refractivity contribution is -0.00307. The first-order chi connectivity index (χ1) is 15.4. The minimum Gasteiger partial charge on any atom is -0.488 e. The van der Waals surface area contributed by atoms with Crippen LogP contribution in [0.15, 0.2) is 47.4 Å². The number of rotatable bonds is 7. The topological polar surface area (TPSA) is 76.1 Å². The molecule has 1 unspecified atom stereocenters. The van der Waals surface area contributed by atoms with Gasteiger partial charge in [-0.1, -0.05) is 19.1 Å². The van der Waals surface area contributed by atoms with Crippen LogP contribution in [0.4, 0.5) is 5.69 Å². The van der Waals surface area contributed by atoms with E-state index < -0.39 is 10.0 Å². The van der Waals surface area contributed by atoms with Gasteiger partial charge in [-0.2, -0.15) is 0 Å². The molecule has 0 amide bonds. The van der Waals surface area contributed by atoms with Gasteiger partial charge < -0.3 is 14.6 Å². The first-order valence-electron chi connectivity index (χ1n) is 11.6. The van der Waals surface area contributed by atoms with E-state index in [-0.39, 0.29) is 29.6 Å². The molecule has 2 atom stereocenters. The summed E-state index contributed by atoms with van der Waals surface area (Å²) in [5.74, 6) is 0.796.